The molecule has 6 heteroatoms. The van der Waals surface area contributed by atoms with Crippen LogP contribution < -0.4 is 15.4 Å². The van der Waals surface area contributed by atoms with Gasteiger partial charge in [-0.15, -0.1) is 0 Å². The van der Waals surface area contributed by atoms with E-state index in [-0.39, 0.29) is 6.03 Å². The molecule has 118 valence electrons. The van der Waals surface area contributed by atoms with Gasteiger partial charge in [-0.2, -0.15) is 0 Å². The van der Waals surface area contributed by atoms with Gasteiger partial charge in [-0.05, 0) is 42.8 Å². The number of anilines is 1. The van der Waals surface area contributed by atoms with Crippen LogP contribution in [0.1, 0.15) is 12.2 Å². The lowest BCUT2D eigenvalue weighted by Gasteiger charge is -2.08. The Bertz CT molecular complexity index is 552. The summed E-state index contributed by atoms with van der Waals surface area (Å²) in [4.78, 5) is 11.7. The summed E-state index contributed by atoms with van der Waals surface area (Å²) in [5, 5.41) is 5.51. The molecule has 0 radical (unpaired) electrons. The highest BCUT2D eigenvalue weighted by Crippen LogP contribution is 2.14. The quantitative estimate of drug-likeness (QED) is 0.735. The molecule has 6 nitrogen and oxygen atoms in total. The summed E-state index contributed by atoms with van der Waals surface area (Å²) in [6.45, 7) is 1.55. The lowest BCUT2D eigenvalue weighted by molar-refractivity contribution is 0.104. The number of hydrogen-bond donors (Lipinski definition) is 2. The fourth-order valence-electron chi connectivity index (χ4n) is 1.79. The Hall–Kier alpha value is -2.47. The molecule has 0 aliphatic carbocycles. The van der Waals surface area contributed by atoms with Crippen molar-refractivity contribution >= 4 is 11.7 Å². The van der Waals surface area contributed by atoms with Gasteiger partial charge in [0, 0.05) is 18.8 Å². The van der Waals surface area contributed by atoms with E-state index >= 15 is 0 Å². The molecule has 1 aromatic carbocycles. The second kappa shape index (κ2) is 8.74. The van der Waals surface area contributed by atoms with Crippen molar-refractivity contribution in [1.82, 2.24) is 5.32 Å². The lowest BCUT2D eigenvalue weighted by atomic mass is 10.3. The molecule has 0 bridgehead atoms. The Balaban J connectivity index is 1.55. The monoisotopic (exact) mass is 304 g/mol. The maximum atomic E-state index is 11.7. The number of amides is 2. The molecular weight excluding hydrogens is 284 g/mol. The summed E-state index contributed by atoms with van der Waals surface area (Å²) in [5.74, 6) is 1.55. The normalized spacial score (nSPS) is 10.2. The first-order valence-corrected chi connectivity index (χ1v) is 7.07. The molecule has 0 fully saturated rings. The van der Waals surface area contributed by atoms with Gasteiger partial charge >= 0.3 is 6.03 Å². The van der Waals surface area contributed by atoms with Crippen LogP contribution in [-0.2, 0) is 11.3 Å². The first-order valence-electron chi connectivity index (χ1n) is 7.07. The van der Waals surface area contributed by atoms with Crippen LogP contribution in [0.25, 0.3) is 0 Å². The molecule has 1 heterocycles. The minimum atomic E-state index is -0.240. The fraction of sp³-hybridized carbons (Fsp3) is 0.312. The topological polar surface area (TPSA) is 72.7 Å². The van der Waals surface area contributed by atoms with Crippen molar-refractivity contribution in [3.63, 3.8) is 0 Å². The highest BCUT2D eigenvalue weighted by Gasteiger charge is 2.01. The number of methoxy groups -OCH3 is 1. The Morgan fingerprint density at radius 2 is 2.05 bits per heavy atom. The lowest BCUT2D eigenvalue weighted by Crippen LogP contribution is -2.30. The van der Waals surface area contributed by atoms with E-state index < -0.39 is 0 Å². The molecule has 0 aliphatic heterocycles. The number of urea groups is 1. The van der Waals surface area contributed by atoms with E-state index in [1.165, 1.54) is 0 Å². The average Bonchev–Trinajstić information content (AvgIpc) is 3.05. The molecule has 2 N–H and O–H groups in total. The molecule has 2 amide bonds. The van der Waals surface area contributed by atoms with Crippen LogP contribution in [0.4, 0.5) is 10.5 Å². The van der Waals surface area contributed by atoms with Crippen molar-refractivity contribution in [3.05, 3.63) is 48.4 Å². The third-order valence-electron chi connectivity index (χ3n) is 2.92. The number of ether oxygens (including phenoxy) is 2. The molecule has 0 atom stereocenters. The largest absolute Gasteiger partial charge is 0.497 e. The number of nitrogens with one attached hydrogen (secondary N) is 2. The minimum absolute atomic E-state index is 0.240. The summed E-state index contributed by atoms with van der Waals surface area (Å²) in [6.07, 6.45) is 2.35. The summed E-state index contributed by atoms with van der Waals surface area (Å²) in [5.41, 5.74) is 0.715. The molecule has 22 heavy (non-hydrogen) atoms. The maximum absolute atomic E-state index is 11.7. The van der Waals surface area contributed by atoms with Gasteiger partial charge in [-0.3, -0.25) is 0 Å². The van der Waals surface area contributed by atoms with E-state index in [0.29, 0.717) is 25.4 Å². The zero-order valence-electron chi connectivity index (χ0n) is 12.5. The van der Waals surface area contributed by atoms with E-state index in [4.69, 9.17) is 13.9 Å². The Morgan fingerprint density at radius 3 is 2.73 bits per heavy atom. The van der Waals surface area contributed by atoms with Crippen molar-refractivity contribution < 1.29 is 18.7 Å². The van der Waals surface area contributed by atoms with Crippen molar-refractivity contribution in [2.45, 2.75) is 13.0 Å². The molecule has 0 saturated heterocycles. The van der Waals surface area contributed by atoms with Gasteiger partial charge in [0.15, 0.2) is 0 Å². The van der Waals surface area contributed by atoms with Crippen LogP contribution in [0.2, 0.25) is 0 Å². The number of furan rings is 1. The molecule has 1 aromatic heterocycles. The minimum Gasteiger partial charge on any atom is -0.497 e. The molecule has 2 aromatic rings. The number of hydrogen-bond acceptors (Lipinski definition) is 4. The summed E-state index contributed by atoms with van der Waals surface area (Å²) in [7, 11) is 1.60. The predicted octanol–water partition coefficient (Wildman–Crippen LogP) is 3.02. The van der Waals surface area contributed by atoms with E-state index in [1.807, 2.05) is 12.1 Å². The zero-order valence-corrected chi connectivity index (χ0v) is 12.5. The van der Waals surface area contributed by atoms with Gasteiger partial charge in [0.2, 0.25) is 0 Å². The smallest absolute Gasteiger partial charge is 0.319 e. The van der Waals surface area contributed by atoms with Gasteiger partial charge in [0.1, 0.15) is 18.1 Å². The van der Waals surface area contributed by atoms with E-state index in [2.05, 4.69) is 10.6 Å². The van der Waals surface area contributed by atoms with Crippen LogP contribution in [0.5, 0.6) is 5.75 Å². The number of rotatable bonds is 8. The summed E-state index contributed by atoms with van der Waals surface area (Å²) >= 11 is 0. The third kappa shape index (κ3) is 5.49. The molecular formula is C16H20N2O4. The maximum Gasteiger partial charge on any atom is 0.319 e. The van der Waals surface area contributed by atoms with Crippen LogP contribution in [-0.4, -0.2) is 26.3 Å². The molecule has 0 saturated carbocycles. The Kier molecular flexibility index (Phi) is 6.32. The molecule has 0 spiro atoms. The van der Waals surface area contributed by atoms with Crippen molar-refractivity contribution in [2.75, 3.05) is 25.6 Å². The first-order chi connectivity index (χ1) is 10.8. The SMILES string of the molecule is COc1ccc(NC(=O)NCCCOCc2ccco2)cc1. The van der Waals surface area contributed by atoms with E-state index in [0.717, 1.165) is 17.9 Å². The molecule has 0 unspecified atom stereocenters. The summed E-state index contributed by atoms with van der Waals surface area (Å²) in [6, 6.07) is 10.6. The van der Waals surface area contributed by atoms with Crippen LogP contribution in [0.3, 0.4) is 0 Å². The average molecular weight is 304 g/mol. The number of benzene rings is 1. The van der Waals surface area contributed by atoms with Gasteiger partial charge < -0.3 is 24.5 Å². The van der Waals surface area contributed by atoms with Crippen molar-refractivity contribution in [2.24, 2.45) is 0 Å². The van der Waals surface area contributed by atoms with E-state index in [1.54, 1.807) is 37.6 Å². The van der Waals surface area contributed by atoms with Crippen molar-refractivity contribution in [3.8, 4) is 5.75 Å². The fourth-order valence-corrected chi connectivity index (χ4v) is 1.79. The predicted molar refractivity (Wildman–Crippen MR) is 83.0 cm³/mol. The Labute approximate surface area is 129 Å². The third-order valence-corrected chi connectivity index (χ3v) is 2.92. The second-order valence-corrected chi connectivity index (χ2v) is 4.59. The number of carbonyl (C=O) groups is 1. The van der Waals surface area contributed by atoms with Gasteiger partial charge in [-0.25, -0.2) is 4.79 Å². The highest BCUT2D eigenvalue weighted by atomic mass is 16.5. The van der Waals surface area contributed by atoms with E-state index in [9.17, 15) is 4.79 Å². The van der Waals surface area contributed by atoms with Crippen LogP contribution in [0.15, 0.2) is 47.1 Å². The van der Waals surface area contributed by atoms with Gasteiger partial charge in [0.25, 0.3) is 0 Å². The van der Waals surface area contributed by atoms with Gasteiger partial charge in [0.05, 0.1) is 13.4 Å². The van der Waals surface area contributed by atoms with Crippen LogP contribution in [0, 0.1) is 0 Å². The second-order valence-electron chi connectivity index (χ2n) is 4.59. The molecule has 2 rings (SSSR count). The zero-order chi connectivity index (χ0) is 15.6. The van der Waals surface area contributed by atoms with Crippen LogP contribution >= 0.6 is 0 Å². The molecule has 0 aliphatic rings. The highest BCUT2D eigenvalue weighted by molar-refractivity contribution is 5.89. The van der Waals surface area contributed by atoms with Gasteiger partial charge in [-0.1, -0.05) is 0 Å². The van der Waals surface area contributed by atoms with Crippen molar-refractivity contribution in [1.29, 1.82) is 0 Å². The number of carbonyl (C=O) groups excluding carboxylic acids is 1. The first kappa shape index (κ1) is 15.9. The summed E-state index contributed by atoms with van der Waals surface area (Å²) < 4.78 is 15.6. The standard InChI is InChI=1S/C16H20N2O4/c1-20-14-7-5-13(6-8-14)18-16(19)17-9-3-10-21-12-15-4-2-11-22-15/h2,4-8,11H,3,9-10,12H2,1H3,(H2,17,18,19). The Morgan fingerprint density at radius 1 is 1.23 bits per heavy atom.